The van der Waals surface area contributed by atoms with Gasteiger partial charge in [0.25, 0.3) is 0 Å². The van der Waals surface area contributed by atoms with Crippen molar-refractivity contribution in [3.8, 4) is 0 Å². The number of nitrogens with zero attached hydrogens (tertiary/aromatic N) is 1. The smallest absolute Gasteiger partial charge is 0.230 e. The quantitative estimate of drug-likeness (QED) is 0.857. The molecule has 2 heterocycles. The lowest BCUT2D eigenvalue weighted by molar-refractivity contribution is -0.123. The van der Waals surface area contributed by atoms with Crippen LogP contribution in [0.1, 0.15) is 35.8 Å². The number of aromatic nitrogens is 1. The Labute approximate surface area is 118 Å². The summed E-state index contributed by atoms with van der Waals surface area (Å²) in [4.78, 5) is 24.3. The first-order valence-corrected chi connectivity index (χ1v) is 6.89. The molecule has 0 spiro atoms. The maximum atomic E-state index is 12.4. The molecule has 1 aliphatic rings. The SMILES string of the molecule is CC(=O)C1(Cc2ccccc2)CCC(=O)n2cccc21. The van der Waals surface area contributed by atoms with E-state index < -0.39 is 5.41 Å². The van der Waals surface area contributed by atoms with Gasteiger partial charge in [0.1, 0.15) is 5.78 Å². The first kappa shape index (κ1) is 12.9. The van der Waals surface area contributed by atoms with Crippen LogP contribution in [-0.2, 0) is 16.6 Å². The van der Waals surface area contributed by atoms with Crippen molar-refractivity contribution in [1.29, 1.82) is 0 Å². The van der Waals surface area contributed by atoms with Crippen LogP contribution >= 0.6 is 0 Å². The van der Waals surface area contributed by atoms with E-state index in [1.54, 1.807) is 17.7 Å². The van der Waals surface area contributed by atoms with Gasteiger partial charge in [-0.2, -0.15) is 0 Å². The lowest BCUT2D eigenvalue weighted by atomic mass is 9.70. The minimum atomic E-state index is -0.571. The normalized spacial score (nSPS) is 21.6. The van der Waals surface area contributed by atoms with Crippen LogP contribution in [0.15, 0.2) is 48.7 Å². The second-order valence-electron chi connectivity index (χ2n) is 5.46. The van der Waals surface area contributed by atoms with Crippen LogP contribution in [0.5, 0.6) is 0 Å². The Morgan fingerprint density at radius 3 is 2.65 bits per heavy atom. The van der Waals surface area contributed by atoms with E-state index in [1.165, 1.54) is 0 Å². The molecule has 0 aliphatic carbocycles. The fraction of sp³-hybridized carbons (Fsp3) is 0.294. The fourth-order valence-electron chi connectivity index (χ4n) is 3.16. The number of rotatable bonds is 3. The summed E-state index contributed by atoms with van der Waals surface area (Å²) in [6.07, 6.45) is 3.44. The maximum absolute atomic E-state index is 12.4. The third-order valence-corrected chi connectivity index (χ3v) is 4.30. The molecular formula is C17H17NO2. The summed E-state index contributed by atoms with van der Waals surface area (Å²) in [7, 11) is 0. The molecule has 1 aromatic carbocycles. The van der Waals surface area contributed by atoms with Crippen LogP contribution < -0.4 is 0 Å². The monoisotopic (exact) mass is 267 g/mol. The van der Waals surface area contributed by atoms with Gasteiger partial charge in [-0.05, 0) is 37.5 Å². The molecule has 0 saturated carbocycles. The molecule has 1 aromatic heterocycles. The van der Waals surface area contributed by atoms with E-state index >= 15 is 0 Å². The van der Waals surface area contributed by atoms with Crippen LogP contribution in [0.25, 0.3) is 0 Å². The largest absolute Gasteiger partial charge is 0.299 e. The Hall–Kier alpha value is -2.16. The molecule has 2 aromatic rings. The van der Waals surface area contributed by atoms with E-state index in [9.17, 15) is 9.59 Å². The molecule has 0 N–H and O–H groups in total. The van der Waals surface area contributed by atoms with Crippen LogP contribution in [0.3, 0.4) is 0 Å². The van der Waals surface area contributed by atoms with Gasteiger partial charge < -0.3 is 0 Å². The minimum Gasteiger partial charge on any atom is -0.299 e. The summed E-state index contributed by atoms with van der Waals surface area (Å²) in [6.45, 7) is 1.63. The van der Waals surface area contributed by atoms with E-state index in [-0.39, 0.29) is 11.7 Å². The van der Waals surface area contributed by atoms with Gasteiger partial charge in [-0.1, -0.05) is 30.3 Å². The van der Waals surface area contributed by atoms with Gasteiger partial charge in [0, 0.05) is 18.3 Å². The van der Waals surface area contributed by atoms with Crippen molar-refractivity contribution in [3.05, 3.63) is 59.9 Å². The number of benzene rings is 1. The molecule has 102 valence electrons. The molecule has 1 unspecified atom stereocenters. The number of Topliss-reactive ketones (excluding diaryl/α,β-unsaturated/α-hetero) is 1. The number of hydrogen-bond acceptors (Lipinski definition) is 2. The molecule has 0 fully saturated rings. The molecular weight excluding hydrogens is 250 g/mol. The Kier molecular flexibility index (Phi) is 3.05. The van der Waals surface area contributed by atoms with Crippen molar-refractivity contribution >= 4 is 11.7 Å². The van der Waals surface area contributed by atoms with Gasteiger partial charge in [-0.15, -0.1) is 0 Å². The first-order chi connectivity index (χ1) is 9.63. The number of fused-ring (bicyclic) bond motifs is 1. The van der Waals surface area contributed by atoms with E-state index in [2.05, 4.69) is 0 Å². The van der Waals surface area contributed by atoms with Gasteiger partial charge in [0.2, 0.25) is 5.91 Å². The summed E-state index contributed by atoms with van der Waals surface area (Å²) in [5, 5.41) is 0. The van der Waals surface area contributed by atoms with Gasteiger partial charge in [0.05, 0.1) is 5.41 Å². The molecule has 3 nitrogen and oxygen atoms in total. The molecule has 3 heteroatoms. The second kappa shape index (κ2) is 4.75. The third-order valence-electron chi connectivity index (χ3n) is 4.30. The Bertz CT molecular complexity index is 657. The Morgan fingerprint density at radius 1 is 1.20 bits per heavy atom. The van der Waals surface area contributed by atoms with Crippen LogP contribution in [-0.4, -0.2) is 16.3 Å². The molecule has 0 amide bonds. The van der Waals surface area contributed by atoms with E-state index in [4.69, 9.17) is 0 Å². The van der Waals surface area contributed by atoms with Gasteiger partial charge >= 0.3 is 0 Å². The summed E-state index contributed by atoms with van der Waals surface area (Å²) in [5.74, 6) is 0.212. The van der Waals surface area contributed by atoms with Crippen LogP contribution in [0.4, 0.5) is 0 Å². The maximum Gasteiger partial charge on any atom is 0.230 e. The molecule has 0 saturated heterocycles. The third kappa shape index (κ3) is 1.90. The average Bonchev–Trinajstić information content (AvgIpc) is 2.94. The number of carbonyl (C=O) groups is 2. The van der Waals surface area contributed by atoms with Crippen LogP contribution in [0, 0.1) is 0 Å². The Balaban J connectivity index is 2.09. The highest BCUT2D eigenvalue weighted by molar-refractivity contribution is 5.93. The number of hydrogen-bond donors (Lipinski definition) is 0. The summed E-state index contributed by atoms with van der Waals surface area (Å²) < 4.78 is 1.65. The topological polar surface area (TPSA) is 39.1 Å². The van der Waals surface area contributed by atoms with Crippen molar-refractivity contribution < 1.29 is 9.59 Å². The van der Waals surface area contributed by atoms with Crippen molar-refractivity contribution in [3.63, 3.8) is 0 Å². The highest BCUT2D eigenvalue weighted by Crippen LogP contribution is 2.38. The lowest BCUT2D eigenvalue weighted by Gasteiger charge is -2.35. The predicted octanol–water partition coefficient (Wildman–Crippen LogP) is 2.99. The highest BCUT2D eigenvalue weighted by Gasteiger charge is 2.43. The standard InChI is InChI=1S/C17H17NO2/c1-13(19)17(12-14-6-3-2-4-7-14)10-9-16(20)18-11-5-8-15(17)18/h2-8,11H,9-10,12H2,1H3. The molecule has 0 bridgehead atoms. The molecule has 3 rings (SSSR count). The van der Waals surface area contributed by atoms with E-state index in [0.29, 0.717) is 19.3 Å². The van der Waals surface area contributed by atoms with Crippen LogP contribution in [0.2, 0.25) is 0 Å². The highest BCUT2D eigenvalue weighted by atomic mass is 16.2. The molecule has 0 radical (unpaired) electrons. The number of carbonyl (C=O) groups excluding carboxylic acids is 2. The van der Waals surface area contributed by atoms with E-state index in [0.717, 1.165) is 11.3 Å². The second-order valence-corrected chi connectivity index (χ2v) is 5.46. The molecule has 1 aliphatic heterocycles. The molecule has 1 atom stereocenters. The van der Waals surface area contributed by atoms with Crippen molar-refractivity contribution in [2.24, 2.45) is 0 Å². The van der Waals surface area contributed by atoms with E-state index in [1.807, 2.05) is 42.5 Å². The zero-order valence-electron chi connectivity index (χ0n) is 11.5. The number of ketones is 1. The zero-order valence-corrected chi connectivity index (χ0v) is 11.5. The Morgan fingerprint density at radius 2 is 1.95 bits per heavy atom. The predicted molar refractivity (Wildman–Crippen MR) is 76.8 cm³/mol. The summed E-state index contributed by atoms with van der Waals surface area (Å²) in [6, 6.07) is 13.8. The summed E-state index contributed by atoms with van der Waals surface area (Å²) in [5.41, 5.74) is 1.40. The zero-order chi connectivity index (χ0) is 14.2. The first-order valence-electron chi connectivity index (χ1n) is 6.89. The fourth-order valence-corrected chi connectivity index (χ4v) is 3.16. The minimum absolute atomic E-state index is 0.0786. The van der Waals surface area contributed by atoms with Gasteiger partial charge in [-0.3, -0.25) is 14.2 Å². The summed E-state index contributed by atoms with van der Waals surface area (Å²) >= 11 is 0. The lowest BCUT2D eigenvalue weighted by Crippen LogP contribution is -2.43. The van der Waals surface area contributed by atoms with Crippen molar-refractivity contribution in [2.75, 3.05) is 0 Å². The van der Waals surface area contributed by atoms with Crippen molar-refractivity contribution in [1.82, 2.24) is 4.57 Å². The van der Waals surface area contributed by atoms with Gasteiger partial charge in [-0.25, -0.2) is 0 Å². The van der Waals surface area contributed by atoms with Crippen molar-refractivity contribution in [2.45, 2.75) is 31.6 Å². The average molecular weight is 267 g/mol. The van der Waals surface area contributed by atoms with Gasteiger partial charge in [0.15, 0.2) is 0 Å². The molecule has 20 heavy (non-hydrogen) atoms.